The lowest BCUT2D eigenvalue weighted by Gasteiger charge is -2.27. The number of phenols is 3. The molecular weight excluding hydrogens is 300 g/mol. The van der Waals surface area contributed by atoms with Crippen LogP contribution in [0.3, 0.4) is 0 Å². The molecule has 0 radical (unpaired) electrons. The van der Waals surface area contributed by atoms with Crippen molar-refractivity contribution in [3.8, 4) is 17.2 Å². The summed E-state index contributed by atoms with van der Waals surface area (Å²) in [6.45, 7) is 4.05. The molecule has 0 fully saturated rings. The maximum atomic E-state index is 10.3. The van der Waals surface area contributed by atoms with Crippen LogP contribution in [0.15, 0.2) is 42.0 Å². The van der Waals surface area contributed by atoms with E-state index in [0.29, 0.717) is 12.2 Å². The zero-order valence-corrected chi connectivity index (χ0v) is 14.2. The van der Waals surface area contributed by atoms with Gasteiger partial charge in [0.15, 0.2) is 11.5 Å². The van der Waals surface area contributed by atoms with Crippen molar-refractivity contribution in [2.75, 3.05) is 0 Å². The number of aromatic hydroxyl groups is 3. The topological polar surface area (TPSA) is 60.7 Å². The number of fused-ring (bicyclic) bond motifs is 1. The summed E-state index contributed by atoms with van der Waals surface area (Å²) in [5.74, 6) is 0.510. The van der Waals surface area contributed by atoms with Crippen molar-refractivity contribution in [1.82, 2.24) is 0 Å². The molecule has 3 rings (SSSR count). The lowest BCUT2D eigenvalue weighted by Crippen LogP contribution is -2.14. The van der Waals surface area contributed by atoms with Gasteiger partial charge in [-0.25, -0.2) is 0 Å². The highest BCUT2D eigenvalue weighted by molar-refractivity contribution is 5.52. The highest BCUT2D eigenvalue weighted by Crippen LogP contribution is 2.40. The number of rotatable bonds is 3. The number of allylic oxidation sites excluding steroid dienone is 2. The molecule has 126 valence electrons. The molecule has 0 bridgehead atoms. The Morgan fingerprint density at radius 1 is 1.08 bits per heavy atom. The molecule has 0 unspecified atom stereocenters. The molecule has 0 amide bonds. The summed E-state index contributed by atoms with van der Waals surface area (Å²) in [5.41, 5.74) is 5.55. The van der Waals surface area contributed by atoms with E-state index in [1.807, 2.05) is 32.0 Å². The van der Waals surface area contributed by atoms with Gasteiger partial charge in [0, 0.05) is 5.56 Å². The molecule has 0 heterocycles. The van der Waals surface area contributed by atoms with E-state index in [0.717, 1.165) is 30.4 Å². The fraction of sp³-hybridized carbons (Fsp3) is 0.333. The minimum Gasteiger partial charge on any atom is -0.508 e. The van der Waals surface area contributed by atoms with E-state index in [2.05, 4.69) is 6.08 Å². The SMILES string of the molecule is CC(C)=CCc1c([C@H]2CCc3ccc(O)cc3C2)ccc(O)c1O. The van der Waals surface area contributed by atoms with E-state index in [1.165, 1.54) is 16.7 Å². The van der Waals surface area contributed by atoms with Gasteiger partial charge in [0.05, 0.1) is 0 Å². The summed E-state index contributed by atoms with van der Waals surface area (Å²) in [5, 5.41) is 30.0. The largest absolute Gasteiger partial charge is 0.508 e. The van der Waals surface area contributed by atoms with Crippen LogP contribution in [0.4, 0.5) is 0 Å². The number of aryl methyl sites for hydroxylation is 1. The Morgan fingerprint density at radius 3 is 2.62 bits per heavy atom. The molecule has 3 N–H and O–H groups in total. The van der Waals surface area contributed by atoms with Crippen LogP contribution in [0.5, 0.6) is 17.2 Å². The Kier molecular flexibility index (Phi) is 4.52. The Morgan fingerprint density at radius 2 is 1.88 bits per heavy atom. The summed E-state index contributed by atoms with van der Waals surface area (Å²) in [4.78, 5) is 0. The van der Waals surface area contributed by atoms with Crippen molar-refractivity contribution in [2.45, 2.75) is 45.4 Å². The van der Waals surface area contributed by atoms with Crippen LogP contribution < -0.4 is 0 Å². The second-order valence-corrected chi connectivity index (χ2v) is 6.88. The summed E-state index contributed by atoms with van der Waals surface area (Å²) >= 11 is 0. The fourth-order valence-electron chi connectivity index (χ4n) is 3.55. The number of hydrogen-bond donors (Lipinski definition) is 3. The van der Waals surface area contributed by atoms with Crippen molar-refractivity contribution < 1.29 is 15.3 Å². The average molecular weight is 324 g/mol. The van der Waals surface area contributed by atoms with Crippen molar-refractivity contribution in [3.05, 3.63) is 64.2 Å². The van der Waals surface area contributed by atoms with Gasteiger partial charge in [-0.3, -0.25) is 0 Å². The standard InChI is InChI=1S/C21H24O3/c1-13(2)3-8-19-18(9-10-20(23)21(19)24)15-5-4-14-6-7-17(22)12-16(14)11-15/h3,6-7,9-10,12,15,22-24H,4-5,8,11H2,1-2H3/t15-/m0/s1. The third kappa shape index (κ3) is 3.25. The van der Waals surface area contributed by atoms with E-state index in [-0.39, 0.29) is 17.4 Å². The molecule has 2 aromatic carbocycles. The van der Waals surface area contributed by atoms with Crippen LogP contribution in [-0.4, -0.2) is 15.3 Å². The van der Waals surface area contributed by atoms with Gasteiger partial charge in [0.25, 0.3) is 0 Å². The molecule has 0 spiro atoms. The molecule has 24 heavy (non-hydrogen) atoms. The average Bonchev–Trinajstić information content (AvgIpc) is 2.55. The Labute approximate surface area is 142 Å². The van der Waals surface area contributed by atoms with Crippen LogP contribution in [-0.2, 0) is 19.3 Å². The first-order valence-electron chi connectivity index (χ1n) is 8.43. The second kappa shape index (κ2) is 6.60. The van der Waals surface area contributed by atoms with Gasteiger partial charge in [0.1, 0.15) is 5.75 Å². The van der Waals surface area contributed by atoms with Crippen molar-refractivity contribution in [1.29, 1.82) is 0 Å². The van der Waals surface area contributed by atoms with E-state index >= 15 is 0 Å². The third-order valence-electron chi connectivity index (χ3n) is 4.87. The molecule has 0 saturated carbocycles. The maximum Gasteiger partial charge on any atom is 0.161 e. The van der Waals surface area contributed by atoms with E-state index in [1.54, 1.807) is 12.1 Å². The quantitative estimate of drug-likeness (QED) is 0.572. The monoisotopic (exact) mass is 324 g/mol. The van der Waals surface area contributed by atoms with E-state index in [9.17, 15) is 15.3 Å². The zero-order chi connectivity index (χ0) is 17.3. The van der Waals surface area contributed by atoms with Gasteiger partial charge in [-0.15, -0.1) is 0 Å². The minimum atomic E-state index is -0.0650. The number of benzene rings is 2. The summed E-state index contributed by atoms with van der Waals surface area (Å²) in [6, 6.07) is 9.10. The Hall–Kier alpha value is -2.42. The number of hydrogen-bond acceptors (Lipinski definition) is 3. The van der Waals surface area contributed by atoms with Gasteiger partial charge in [-0.1, -0.05) is 23.8 Å². The maximum absolute atomic E-state index is 10.3. The predicted molar refractivity (Wildman–Crippen MR) is 95.8 cm³/mol. The van der Waals surface area contributed by atoms with E-state index < -0.39 is 0 Å². The van der Waals surface area contributed by atoms with Gasteiger partial charge >= 0.3 is 0 Å². The van der Waals surface area contributed by atoms with E-state index in [4.69, 9.17) is 0 Å². The summed E-state index contributed by atoms with van der Waals surface area (Å²) in [7, 11) is 0. The van der Waals surface area contributed by atoms with Gasteiger partial charge < -0.3 is 15.3 Å². The normalized spacial score (nSPS) is 16.5. The molecule has 0 saturated heterocycles. The molecule has 0 aromatic heterocycles. The third-order valence-corrected chi connectivity index (χ3v) is 4.87. The van der Waals surface area contributed by atoms with Crippen molar-refractivity contribution in [3.63, 3.8) is 0 Å². The molecule has 1 aliphatic carbocycles. The smallest absolute Gasteiger partial charge is 0.161 e. The van der Waals surface area contributed by atoms with Gasteiger partial charge in [0.2, 0.25) is 0 Å². The van der Waals surface area contributed by atoms with Gasteiger partial charge in [-0.2, -0.15) is 0 Å². The Balaban J connectivity index is 1.97. The highest BCUT2D eigenvalue weighted by Gasteiger charge is 2.24. The summed E-state index contributed by atoms with van der Waals surface area (Å²) < 4.78 is 0. The predicted octanol–water partition coefficient (Wildman–Crippen LogP) is 4.58. The van der Waals surface area contributed by atoms with Crippen molar-refractivity contribution >= 4 is 0 Å². The van der Waals surface area contributed by atoms with Crippen LogP contribution in [0.1, 0.15) is 48.4 Å². The minimum absolute atomic E-state index is 0.00768. The first kappa shape index (κ1) is 16.4. The first-order valence-corrected chi connectivity index (χ1v) is 8.43. The van der Waals surface area contributed by atoms with Gasteiger partial charge in [-0.05, 0) is 80.3 Å². The molecule has 2 aromatic rings. The first-order chi connectivity index (χ1) is 11.5. The molecule has 0 aliphatic heterocycles. The van der Waals surface area contributed by atoms with Crippen LogP contribution in [0.25, 0.3) is 0 Å². The molecule has 1 aliphatic rings. The number of phenolic OH excluding ortho intramolecular Hbond substituents is 3. The lowest BCUT2D eigenvalue weighted by molar-refractivity contribution is 0.398. The molecule has 3 heteroatoms. The molecule has 3 nitrogen and oxygen atoms in total. The second-order valence-electron chi connectivity index (χ2n) is 6.88. The molecular formula is C21H24O3. The summed E-state index contributed by atoms with van der Waals surface area (Å²) in [6.07, 6.45) is 5.49. The van der Waals surface area contributed by atoms with Crippen LogP contribution in [0.2, 0.25) is 0 Å². The highest BCUT2D eigenvalue weighted by atomic mass is 16.3. The van der Waals surface area contributed by atoms with Crippen LogP contribution >= 0.6 is 0 Å². The molecule has 1 atom stereocenters. The van der Waals surface area contributed by atoms with Crippen molar-refractivity contribution in [2.24, 2.45) is 0 Å². The lowest BCUT2D eigenvalue weighted by atomic mass is 9.78. The zero-order valence-electron chi connectivity index (χ0n) is 14.2. The Bertz CT molecular complexity index is 786. The van der Waals surface area contributed by atoms with Crippen LogP contribution in [0, 0.1) is 0 Å². The fourth-order valence-corrected chi connectivity index (χ4v) is 3.55.